The van der Waals surface area contributed by atoms with E-state index in [2.05, 4.69) is 28.1 Å². The molecule has 0 spiro atoms. The Morgan fingerprint density at radius 1 is 0.963 bits per heavy atom. The van der Waals surface area contributed by atoms with Gasteiger partial charge in [0.2, 0.25) is 0 Å². The number of nitrogens with two attached hydrogens (primary N) is 3. The lowest BCUT2D eigenvalue weighted by Gasteiger charge is -2.37. The van der Waals surface area contributed by atoms with Crippen LogP contribution in [0.25, 0.3) is 0 Å². The van der Waals surface area contributed by atoms with Crippen molar-refractivity contribution in [3.63, 3.8) is 0 Å². The Bertz CT molecular complexity index is 733. The van der Waals surface area contributed by atoms with E-state index in [0.29, 0.717) is 5.92 Å². The van der Waals surface area contributed by atoms with Crippen molar-refractivity contribution >= 4 is 5.71 Å². The van der Waals surface area contributed by atoms with E-state index in [-0.39, 0.29) is 23.9 Å². The lowest BCUT2D eigenvalue weighted by Crippen LogP contribution is -2.45. The number of hydrazone groups is 1. The molecule has 2 aromatic heterocycles. The fraction of sp³-hybridized carbons (Fsp3) is 0.476. The van der Waals surface area contributed by atoms with Gasteiger partial charge >= 0.3 is 0 Å². The highest BCUT2D eigenvalue weighted by Crippen LogP contribution is 2.39. The van der Waals surface area contributed by atoms with Crippen molar-refractivity contribution in [3.05, 3.63) is 60.2 Å². The third-order valence-electron chi connectivity index (χ3n) is 5.93. The first-order valence-corrected chi connectivity index (χ1v) is 9.73. The summed E-state index contributed by atoms with van der Waals surface area (Å²) in [6.45, 7) is 2.24. The van der Waals surface area contributed by atoms with Crippen LogP contribution in [0.2, 0.25) is 0 Å². The molecule has 6 N–H and O–H groups in total. The third-order valence-corrected chi connectivity index (χ3v) is 5.93. The Hall–Kier alpha value is -2.31. The first-order valence-electron chi connectivity index (χ1n) is 9.73. The van der Waals surface area contributed by atoms with Gasteiger partial charge in [-0.1, -0.05) is 19.1 Å². The fourth-order valence-electron chi connectivity index (χ4n) is 4.27. The van der Waals surface area contributed by atoms with Crippen LogP contribution in [0.5, 0.6) is 0 Å². The van der Waals surface area contributed by atoms with Crippen molar-refractivity contribution in [2.75, 3.05) is 0 Å². The second-order valence-corrected chi connectivity index (χ2v) is 7.53. The van der Waals surface area contributed by atoms with Crippen LogP contribution in [0.15, 0.2) is 53.9 Å². The molecule has 0 saturated heterocycles. The van der Waals surface area contributed by atoms with Gasteiger partial charge in [0.15, 0.2) is 0 Å². The molecule has 144 valence electrons. The summed E-state index contributed by atoms with van der Waals surface area (Å²) < 4.78 is 0. The normalized spacial score (nSPS) is 28.2. The van der Waals surface area contributed by atoms with Gasteiger partial charge in [0.1, 0.15) is 0 Å². The van der Waals surface area contributed by atoms with Crippen LogP contribution in [-0.4, -0.2) is 27.8 Å². The van der Waals surface area contributed by atoms with Crippen LogP contribution in [-0.2, 0) is 0 Å². The maximum absolute atomic E-state index is 6.31. The first kappa shape index (κ1) is 19.5. The van der Waals surface area contributed by atoms with Crippen LogP contribution >= 0.6 is 0 Å². The van der Waals surface area contributed by atoms with E-state index in [1.54, 1.807) is 6.20 Å². The lowest BCUT2D eigenvalue weighted by atomic mass is 9.70. The minimum Gasteiger partial charge on any atom is -0.326 e. The highest BCUT2D eigenvalue weighted by molar-refractivity contribution is 6.00. The molecule has 2 aromatic rings. The van der Waals surface area contributed by atoms with E-state index >= 15 is 0 Å². The molecule has 1 saturated carbocycles. The zero-order valence-corrected chi connectivity index (χ0v) is 15.9. The standard InChI is InChI=1S/C21H30N6/c1-14(19-6-2-4-12-25-19)15-8-10-17(22)18(23)11-9-16(15)21(27-24)20-7-3-5-13-26-20/h2-7,12-18H,8-11,22-24H2,1H3/b27-21+. The summed E-state index contributed by atoms with van der Waals surface area (Å²) in [5.74, 6) is 6.62. The van der Waals surface area contributed by atoms with E-state index < -0.39 is 0 Å². The van der Waals surface area contributed by atoms with Gasteiger partial charge in [-0.15, -0.1) is 0 Å². The molecule has 6 heteroatoms. The molecule has 0 amide bonds. The Morgan fingerprint density at radius 3 is 2.22 bits per heavy atom. The second-order valence-electron chi connectivity index (χ2n) is 7.53. The number of hydrogen-bond acceptors (Lipinski definition) is 6. The largest absolute Gasteiger partial charge is 0.326 e. The molecule has 1 aliphatic carbocycles. The Kier molecular flexibility index (Phi) is 6.53. The van der Waals surface area contributed by atoms with Gasteiger partial charge in [-0.2, -0.15) is 5.10 Å². The molecule has 5 atom stereocenters. The predicted octanol–water partition coefficient (Wildman–Crippen LogP) is 2.40. The third kappa shape index (κ3) is 4.51. The van der Waals surface area contributed by atoms with Gasteiger partial charge in [0.25, 0.3) is 0 Å². The van der Waals surface area contributed by atoms with Crippen molar-refractivity contribution in [1.82, 2.24) is 9.97 Å². The zero-order valence-electron chi connectivity index (χ0n) is 15.9. The number of pyridine rings is 2. The topological polar surface area (TPSA) is 116 Å². The molecule has 5 unspecified atom stereocenters. The number of rotatable bonds is 4. The molecular weight excluding hydrogens is 336 g/mol. The van der Waals surface area contributed by atoms with Gasteiger partial charge in [-0.3, -0.25) is 9.97 Å². The highest BCUT2D eigenvalue weighted by atomic mass is 15.1. The number of hydrogen-bond donors (Lipinski definition) is 3. The van der Waals surface area contributed by atoms with Crippen LogP contribution < -0.4 is 17.3 Å². The predicted molar refractivity (Wildman–Crippen MR) is 109 cm³/mol. The maximum Gasteiger partial charge on any atom is 0.0890 e. The minimum absolute atomic E-state index is 0.00126. The van der Waals surface area contributed by atoms with Gasteiger partial charge in [0, 0.05) is 42.0 Å². The SMILES string of the molecule is CC(c1ccccn1)C1CCC(N)C(N)CCC1/C(=N\N)c1ccccn1. The van der Waals surface area contributed by atoms with Gasteiger partial charge < -0.3 is 17.3 Å². The molecule has 0 radical (unpaired) electrons. The summed E-state index contributed by atoms with van der Waals surface area (Å²) >= 11 is 0. The van der Waals surface area contributed by atoms with Crippen molar-refractivity contribution < 1.29 is 0 Å². The molecule has 1 fully saturated rings. The van der Waals surface area contributed by atoms with Crippen LogP contribution in [0, 0.1) is 11.8 Å². The molecule has 1 aliphatic rings. The summed E-state index contributed by atoms with van der Waals surface area (Å²) in [5, 5.41) is 4.19. The molecular formula is C21H30N6. The number of nitrogens with zero attached hydrogens (tertiary/aromatic N) is 3. The molecule has 0 bridgehead atoms. The molecule has 27 heavy (non-hydrogen) atoms. The fourth-order valence-corrected chi connectivity index (χ4v) is 4.27. The Morgan fingerprint density at radius 2 is 1.63 bits per heavy atom. The number of aromatic nitrogens is 2. The summed E-state index contributed by atoms with van der Waals surface area (Å²) in [5.41, 5.74) is 15.4. The molecule has 3 rings (SSSR count). The summed E-state index contributed by atoms with van der Waals surface area (Å²) in [4.78, 5) is 9.09. The van der Waals surface area contributed by atoms with Crippen molar-refractivity contribution in [1.29, 1.82) is 0 Å². The smallest absolute Gasteiger partial charge is 0.0890 e. The van der Waals surface area contributed by atoms with Gasteiger partial charge in [-0.25, -0.2) is 0 Å². The Labute approximate surface area is 161 Å². The molecule has 0 aromatic carbocycles. The Balaban J connectivity index is 1.96. The summed E-state index contributed by atoms with van der Waals surface area (Å²) in [6, 6.07) is 11.9. The molecule has 0 aliphatic heterocycles. The quantitative estimate of drug-likeness (QED) is 0.436. The van der Waals surface area contributed by atoms with Crippen molar-refractivity contribution in [2.45, 2.75) is 50.6 Å². The second kappa shape index (κ2) is 9.06. The van der Waals surface area contributed by atoms with Crippen LogP contribution in [0.3, 0.4) is 0 Å². The monoisotopic (exact) mass is 366 g/mol. The zero-order chi connectivity index (χ0) is 19.2. The summed E-state index contributed by atoms with van der Waals surface area (Å²) in [7, 11) is 0. The van der Waals surface area contributed by atoms with Crippen molar-refractivity contribution in [2.24, 2.45) is 34.2 Å². The lowest BCUT2D eigenvalue weighted by molar-refractivity contribution is 0.258. The average Bonchev–Trinajstić information content (AvgIpc) is 2.71. The highest BCUT2D eigenvalue weighted by Gasteiger charge is 2.35. The first-order chi connectivity index (χ1) is 13.1. The molecule has 2 heterocycles. The van der Waals surface area contributed by atoms with Gasteiger partial charge in [0.05, 0.1) is 11.4 Å². The van der Waals surface area contributed by atoms with E-state index in [1.807, 2.05) is 36.5 Å². The van der Waals surface area contributed by atoms with Crippen LogP contribution in [0.4, 0.5) is 0 Å². The van der Waals surface area contributed by atoms with Crippen molar-refractivity contribution in [3.8, 4) is 0 Å². The van der Waals surface area contributed by atoms with Gasteiger partial charge in [-0.05, 0) is 55.9 Å². The average molecular weight is 367 g/mol. The van der Waals surface area contributed by atoms with E-state index in [4.69, 9.17) is 17.3 Å². The minimum atomic E-state index is 0.00126. The van der Waals surface area contributed by atoms with Crippen LogP contribution in [0.1, 0.15) is 49.9 Å². The van der Waals surface area contributed by atoms with E-state index in [0.717, 1.165) is 42.8 Å². The van der Waals surface area contributed by atoms with E-state index in [9.17, 15) is 0 Å². The maximum atomic E-state index is 6.31. The van der Waals surface area contributed by atoms with E-state index in [1.165, 1.54) is 0 Å². The molecule has 6 nitrogen and oxygen atoms in total. The summed E-state index contributed by atoms with van der Waals surface area (Å²) in [6.07, 6.45) is 7.22.